The van der Waals surface area contributed by atoms with Gasteiger partial charge in [-0.15, -0.1) is 0 Å². The van der Waals surface area contributed by atoms with Crippen molar-refractivity contribution in [1.82, 2.24) is 10.2 Å². The van der Waals surface area contributed by atoms with E-state index in [-0.39, 0.29) is 0 Å². The molecule has 1 heterocycles. The van der Waals surface area contributed by atoms with Crippen LogP contribution in [-0.4, -0.2) is 36.0 Å². The van der Waals surface area contributed by atoms with E-state index in [9.17, 15) is 0 Å². The van der Waals surface area contributed by atoms with Crippen molar-refractivity contribution >= 4 is 5.84 Å². The predicted octanol–water partition coefficient (Wildman–Crippen LogP) is 1.22. The van der Waals surface area contributed by atoms with E-state index >= 15 is 0 Å². The van der Waals surface area contributed by atoms with Gasteiger partial charge in [0.05, 0.1) is 0 Å². The van der Waals surface area contributed by atoms with Crippen LogP contribution in [0.4, 0.5) is 0 Å². The molecule has 0 spiro atoms. The zero-order valence-corrected chi connectivity index (χ0v) is 12.8. The lowest BCUT2D eigenvalue weighted by Gasteiger charge is -2.30. The van der Waals surface area contributed by atoms with E-state index in [1.165, 1.54) is 0 Å². The third-order valence-electron chi connectivity index (χ3n) is 3.76. The summed E-state index contributed by atoms with van der Waals surface area (Å²) in [5.74, 6) is 1.29. The van der Waals surface area contributed by atoms with Crippen molar-refractivity contribution < 1.29 is 0 Å². The van der Waals surface area contributed by atoms with E-state index in [2.05, 4.69) is 29.1 Å². The molecule has 5 heteroatoms. The molecule has 1 aliphatic heterocycles. The number of nitrogens with zero attached hydrogens (tertiary/aromatic N) is 2. The Morgan fingerprint density at radius 3 is 2.48 bits per heavy atom. The molecule has 0 aromatic heterocycles. The Kier molecular flexibility index (Phi) is 4.98. The van der Waals surface area contributed by atoms with Gasteiger partial charge in [-0.25, -0.2) is 4.99 Å². The fraction of sp³-hybridized carbons (Fsp3) is 0.438. The van der Waals surface area contributed by atoms with Gasteiger partial charge in [0, 0.05) is 18.5 Å². The molecule has 0 amide bonds. The second-order valence-electron chi connectivity index (χ2n) is 5.32. The lowest BCUT2D eigenvalue weighted by molar-refractivity contribution is 0.276. The van der Waals surface area contributed by atoms with Crippen LogP contribution in [0.15, 0.2) is 47.2 Å². The first-order valence-corrected chi connectivity index (χ1v) is 7.48. The Bertz CT molecular complexity index is 519. The molecule has 5 nitrogen and oxygen atoms in total. The Morgan fingerprint density at radius 2 is 1.86 bits per heavy atom. The van der Waals surface area contributed by atoms with Gasteiger partial charge in [-0.3, -0.25) is 0 Å². The molecular weight excluding hydrogens is 262 g/mol. The summed E-state index contributed by atoms with van der Waals surface area (Å²) < 4.78 is 0. The van der Waals surface area contributed by atoms with Crippen LogP contribution in [0.3, 0.4) is 0 Å². The van der Waals surface area contributed by atoms with Crippen LogP contribution >= 0.6 is 0 Å². The van der Waals surface area contributed by atoms with Gasteiger partial charge in [0.25, 0.3) is 0 Å². The van der Waals surface area contributed by atoms with Crippen molar-refractivity contribution in [3.63, 3.8) is 0 Å². The number of hydrogen-bond donors (Lipinski definition) is 3. The fourth-order valence-electron chi connectivity index (χ4n) is 2.45. The molecule has 1 aliphatic rings. The highest BCUT2D eigenvalue weighted by Crippen LogP contribution is 2.18. The normalized spacial score (nSPS) is 21.7. The predicted molar refractivity (Wildman–Crippen MR) is 87.7 cm³/mol. The molecule has 2 rings (SSSR count). The highest BCUT2D eigenvalue weighted by atomic mass is 15.2. The minimum absolute atomic E-state index is 0.561. The molecule has 0 saturated heterocycles. The van der Waals surface area contributed by atoms with Crippen molar-refractivity contribution in [1.29, 1.82) is 0 Å². The molecule has 1 atom stereocenters. The topological polar surface area (TPSA) is 79.7 Å². The zero-order valence-electron chi connectivity index (χ0n) is 12.8. The SMILES string of the molecule is CCN(CC)CCC1(N)C=C(N)NC(c2ccccc2)=N1. The number of amidine groups is 1. The van der Waals surface area contributed by atoms with Gasteiger partial charge in [-0.05, 0) is 19.2 Å². The maximum absolute atomic E-state index is 6.42. The van der Waals surface area contributed by atoms with E-state index < -0.39 is 5.66 Å². The average molecular weight is 287 g/mol. The minimum Gasteiger partial charge on any atom is -0.385 e. The third-order valence-corrected chi connectivity index (χ3v) is 3.76. The highest BCUT2D eigenvalue weighted by molar-refractivity contribution is 6.00. The number of benzene rings is 1. The number of hydrogen-bond acceptors (Lipinski definition) is 5. The van der Waals surface area contributed by atoms with Crippen LogP contribution in [0.25, 0.3) is 0 Å². The van der Waals surface area contributed by atoms with Crippen molar-refractivity contribution in [2.24, 2.45) is 16.5 Å². The van der Waals surface area contributed by atoms with Crippen molar-refractivity contribution in [2.45, 2.75) is 25.9 Å². The summed E-state index contributed by atoms with van der Waals surface area (Å²) in [4.78, 5) is 7.01. The molecule has 0 fully saturated rings. The first kappa shape index (κ1) is 15.5. The molecule has 0 radical (unpaired) electrons. The van der Waals surface area contributed by atoms with Crippen molar-refractivity contribution in [3.8, 4) is 0 Å². The van der Waals surface area contributed by atoms with Crippen LogP contribution in [-0.2, 0) is 0 Å². The Balaban J connectivity index is 2.17. The van der Waals surface area contributed by atoms with Crippen LogP contribution in [0, 0.1) is 0 Å². The number of nitrogens with two attached hydrogens (primary N) is 2. The number of aliphatic imine (C=N–C) groups is 1. The summed E-state index contributed by atoms with van der Waals surface area (Å²) in [6.45, 7) is 7.23. The molecule has 21 heavy (non-hydrogen) atoms. The maximum Gasteiger partial charge on any atom is 0.136 e. The van der Waals surface area contributed by atoms with Gasteiger partial charge >= 0.3 is 0 Å². The van der Waals surface area contributed by atoms with Gasteiger partial charge in [-0.1, -0.05) is 44.2 Å². The molecular formula is C16H25N5. The summed E-state index contributed by atoms with van der Waals surface area (Å²) in [6.07, 6.45) is 2.55. The Hall–Kier alpha value is -1.85. The average Bonchev–Trinajstić information content (AvgIpc) is 2.48. The summed E-state index contributed by atoms with van der Waals surface area (Å²) in [5, 5.41) is 3.10. The van der Waals surface area contributed by atoms with E-state index in [1.807, 2.05) is 36.4 Å². The largest absolute Gasteiger partial charge is 0.385 e. The summed E-state index contributed by atoms with van der Waals surface area (Å²) in [7, 11) is 0. The van der Waals surface area contributed by atoms with E-state index in [0.717, 1.165) is 37.5 Å². The standard InChI is InChI=1S/C16H25N5/c1-3-21(4-2)11-10-16(18)12-14(17)19-15(20-16)13-8-6-5-7-9-13/h5-9,12H,3-4,10-11,17-18H2,1-2H3,(H,19,20). The van der Waals surface area contributed by atoms with Gasteiger partial charge in [0.2, 0.25) is 0 Å². The smallest absolute Gasteiger partial charge is 0.136 e. The molecule has 1 aromatic rings. The van der Waals surface area contributed by atoms with Crippen LogP contribution in [0.5, 0.6) is 0 Å². The van der Waals surface area contributed by atoms with E-state index in [4.69, 9.17) is 11.5 Å². The summed E-state index contributed by atoms with van der Waals surface area (Å²) >= 11 is 0. The van der Waals surface area contributed by atoms with Crippen LogP contribution in [0.2, 0.25) is 0 Å². The minimum atomic E-state index is -0.747. The molecule has 114 valence electrons. The van der Waals surface area contributed by atoms with Crippen LogP contribution in [0.1, 0.15) is 25.8 Å². The van der Waals surface area contributed by atoms with Crippen molar-refractivity contribution in [3.05, 3.63) is 47.8 Å². The first-order valence-electron chi connectivity index (χ1n) is 7.48. The molecule has 0 saturated carbocycles. The van der Waals surface area contributed by atoms with Gasteiger partial charge in [-0.2, -0.15) is 0 Å². The quantitative estimate of drug-likeness (QED) is 0.735. The summed E-state index contributed by atoms with van der Waals surface area (Å²) in [6, 6.07) is 9.91. The number of rotatable bonds is 6. The van der Waals surface area contributed by atoms with Gasteiger partial charge in [0.15, 0.2) is 0 Å². The van der Waals surface area contributed by atoms with Crippen LogP contribution < -0.4 is 16.8 Å². The van der Waals surface area contributed by atoms with E-state index in [1.54, 1.807) is 0 Å². The molecule has 1 aromatic carbocycles. The lowest BCUT2D eigenvalue weighted by Crippen LogP contribution is -2.47. The fourth-order valence-corrected chi connectivity index (χ4v) is 2.45. The monoisotopic (exact) mass is 287 g/mol. The highest BCUT2D eigenvalue weighted by Gasteiger charge is 2.27. The third kappa shape index (κ3) is 4.06. The Labute approximate surface area is 126 Å². The second-order valence-corrected chi connectivity index (χ2v) is 5.32. The molecule has 0 bridgehead atoms. The first-order chi connectivity index (χ1) is 10.1. The van der Waals surface area contributed by atoms with Gasteiger partial charge < -0.3 is 21.7 Å². The molecule has 5 N–H and O–H groups in total. The number of nitrogens with one attached hydrogen (secondary N) is 1. The zero-order chi connectivity index (χ0) is 15.3. The van der Waals surface area contributed by atoms with E-state index in [0.29, 0.717) is 5.82 Å². The van der Waals surface area contributed by atoms with Gasteiger partial charge in [0.1, 0.15) is 17.3 Å². The lowest BCUT2D eigenvalue weighted by atomic mass is 10.0. The van der Waals surface area contributed by atoms with Crippen molar-refractivity contribution in [2.75, 3.05) is 19.6 Å². The molecule has 1 unspecified atom stereocenters. The maximum atomic E-state index is 6.42. The molecule has 0 aliphatic carbocycles. The summed E-state index contributed by atoms with van der Waals surface area (Å²) in [5.41, 5.74) is 12.7. The Morgan fingerprint density at radius 1 is 1.19 bits per heavy atom. The second kappa shape index (κ2) is 6.74.